The molecule has 1 aromatic carbocycles. The number of aromatic nitrogens is 2. The lowest BCUT2D eigenvalue weighted by molar-refractivity contribution is 0.151. The molecule has 1 aliphatic carbocycles. The molecule has 6 heteroatoms. The smallest absolute Gasteiger partial charge is 0.136 e. The molecule has 2 aromatic rings. The first-order chi connectivity index (χ1) is 10.9. The Labute approximate surface area is 138 Å². The van der Waals surface area contributed by atoms with E-state index in [2.05, 4.69) is 9.97 Å². The molecule has 0 amide bonds. The van der Waals surface area contributed by atoms with Crippen LogP contribution in [0.15, 0.2) is 28.1 Å². The van der Waals surface area contributed by atoms with Gasteiger partial charge in [0.15, 0.2) is 0 Å². The summed E-state index contributed by atoms with van der Waals surface area (Å²) in [6.45, 7) is 4.01. The van der Waals surface area contributed by atoms with Crippen LogP contribution in [0.4, 0.5) is 8.78 Å². The van der Waals surface area contributed by atoms with E-state index in [1.165, 1.54) is 36.7 Å². The van der Waals surface area contributed by atoms with Crippen molar-refractivity contribution in [3.8, 4) is 0 Å². The standard InChI is InChI=1S/C17H20F2N2OS/c1-9(2)15-17(23-13-7-11(18)6-12(19)8-13)21-16(20-15)14(22)5-10-3-4-10/h6-10,14,22H,3-5H2,1-2H3,(H,20,21). The van der Waals surface area contributed by atoms with Crippen LogP contribution in [-0.4, -0.2) is 15.1 Å². The van der Waals surface area contributed by atoms with E-state index in [-0.39, 0.29) is 5.92 Å². The van der Waals surface area contributed by atoms with Crippen LogP contribution in [0, 0.1) is 17.6 Å². The summed E-state index contributed by atoms with van der Waals surface area (Å²) in [4.78, 5) is 8.13. The van der Waals surface area contributed by atoms with Crippen LogP contribution < -0.4 is 0 Å². The predicted octanol–water partition coefficient (Wildman–Crippen LogP) is 4.80. The Balaban J connectivity index is 1.85. The molecule has 1 saturated carbocycles. The molecule has 0 bridgehead atoms. The number of rotatable bonds is 6. The number of hydrogen-bond acceptors (Lipinski definition) is 3. The van der Waals surface area contributed by atoms with Crippen LogP contribution in [0.3, 0.4) is 0 Å². The minimum absolute atomic E-state index is 0.147. The average molecular weight is 338 g/mol. The maximum atomic E-state index is 13.4. The van der Waals surface area contributed by atoms with E-state index in [1.54, 1.807) is 0 Å². The molecule has 0 spiro atoms. The Kier molecular flexibility index (Phi) is 4.73. The van der Waals surface area contributed by atoms with Gasteiger partial charge in [0.25, 0.3) is 0 Å². The molecule has 124 valence electrons. The molecule has 0 radical (unpaired) electrons. The molecule has 1 unspecified atom stereocenters. The molecular formula is C17H20F2N2OS. The van der Waals surface area contributed by atoms with Crippen molar-refractivity contribution < 1.29 is 13.9 Å². The zero-order valence-corrected chi connectivity index (χ0v) is 14.0. The van der Waals surface area contributed by atoms with Crippen LogP contribution in [0.2, 0.25) is 0 Å². The van der Waals surface area contributed by atoms with E-state index in [0.29, 0.717) is 23.1 Å². The summed E-state index contributed by atoms with van der Waals surface area (Å²) in [5.41, 5.74) is 0.810. The molecule has 3 nitrogen and oxygen atoms in total. The quantitative estimate of drug-likeness (QED) is 0.796. The Morgan fingerprint density at radius 3 is 2.48 bits per heavy atom. The second-order valence-electron chi connectivity index (χ2n) is 6.39. The maximum absolute atomic E-state index is 13.4. The normalized spacial score (nSPS) is 16.1. The van der Waals surface area contributed by atoms with Gasteiger partial charge in [-0.05, 0) is 30.4 Å². The van der Waals surface area contributed by atoms with Crippen LogP contribution in [-0.2, 0) is 0 Å². The van der Waals surface area contributed by atoms with Crippen molar-refractivity contribution in [3.63, 3.8) is 0 Å². The van der Waals surface area contributed by atoms with Gasteiger partial charge in [-0.25, -0.2) is 13.8 Å². The number of H-pyrrole nitrogens is 1. The highest BCUT2D eigenvalue weighted by atomic mass is 32.2. The highest BCUT2D eigenvalue weighted by Crippen LogP contribution is 2.39. The first kappa shape index (κ1) is 16.5. The van der Waals surface area contributed by atoms with Crippen LogP contribution in [0.25, 0.3) is 0 Å². The van der Waals surface area contributed by atoms with Gasteiger partial charge < -0.3 is 10.1 Å². The Hall–Kier alpha value is -1.40. The van der Waals surface area contributed by atoms with Gasteiger partial charge in [-0.2, -0.15) is 0 Å². The van der Waals surface area contributed by atoms with E-state index >= 15 is 0 Å². The summed E-state index contributed by atoms with van der Waals surface area (Å²) in [5.74, 6) is 0.0687. The topological polar surface area (TPSA) is 48.9 Å². The molecule has 1 atom stereocenters. The SMILES string of the molecule is CC(C)c1nc(C(O)CC2CC2)[nH]c1Sc1cc(F)cc(F)c1. The molecule has 1 aliphatic rings. The third-order valence-corrected chi connectivity index (χ3v) is 4.87. The van der Waals surface area contributed by atoms with E-state index < -0.39 is 17.7 Å². The fourth-order valence-electron chi connectivity index (χ4n) is 2.50. The van der Waals surface area contributed by atoms with Crippen LogP contribution in [0.5, 0.6) is 0 Å². The van der Waals surface area contributed by atoms with Gasteiger partial charge in [0, 0.05) is 11.0 Å². The van der Waals surface area contributed by atoms with E-state index in [1.807, 2.05) is 13.8 Å². The summed E-state index contributed by atoms with van der Waals surface area (Å²) >= 11 is 1.23. The lowest BCUT2D eigenvalue weighted by Gasteiger charge is -2.05. The molecule has 2 N–H and O–H groups in total. The molecule has 0 saturated heterocycles. The lowest BCUT2D eigenvalue weighted by Crippen LogP contribution is -2.01. The van der Waals surface area contributed by atoms with E-state index in [4.69, 9.17) is 0 Å². The third kappa shape index (κ3) is 4.12. The van der Waals surface area contributed by atoms with Crippen molar-refractivity contribution in [2.45, 2.75) is 55.1 Å². The van der Waals surface area contributed by atoms with Gasteiger partial charge in [-0.15, -0.1) is 0 Å². The van der Waals surface area contributed by atoms with Gasteiger partial charge in [-0.1, -0.05) is 38.5 Å². The predicted molar refractivity (Wildman–Crippen MR) is 85.5 cm³/mol. The van der Waals surface area contributed by atoms with Crippen LogP contribution >= 0.6 is 11.8 Å². The Morgan fingerprint density at radius 2 is 1.91 bits per heavy atom. The summed E-state index contributed by atoms with van der Waals surface area (Å²) in [5, 5.41) is 11.0. The van der Waals surface area contributed by atoms with Gasteiger partial charge in [0.1, 0.15) is 28.6 Å². The summed E-state index contributed by atoms with van der Waals surface area (Å²) < 4.78 is 26.7. The summed E-state index contributed by atoms with van der Waals surface area (Å²) in [6, 6.07) is 3.43. The molecular weight excluding hydrogens is 318 g/mol. The molecule has 23 heavy (non-hydrogen) atoms. The van der Waals surface area contributed by atoms with Crippen LogP contribution in [0.1, 0.15) is 56.7 Å². The highest BCUT2D eigenvalue weighted by molar-refractivity contribution is 7.99. The number of nitrogens with one attached hydrogen (secondary N) is 1. The van der Waals surface area contributed by atoms with E-state index in [9.17, 15) is 13.9 Å². The molecule has 1 fully saturated rings. The van der Waals surface area contributed by atoms with Crippen molar-refractivity contribution in [1.29, 1.82) is 0 Å². The highest BCUT2D eigenvalue weighted by Gasteiger charge is 2.27. The average Bonchev–Trinajstić information content (AvgIpc) is 3.15. The van der Waals surface area contributed by atoms with Crippen molar-refractivity contribution in [2.24, 2.45) is 5.92 Å². The first-order valence-corrected chi connectivity index (χ1v) is 8.66. The monoisotopic (exact) mass is 338 g/mol. The fraction of sp³-hybridized carbons (Fsp3) is 0.471. The summed E-state index contributed by atoms with van der Waals surface area (Å²) in [6.07, 6.45) is 2.43. The van der Waals surface area contributed by atoms with Crippen molar-refractivity contribution in [3.05, 3.63) is 41.4 Å². The molecule has 0 aliphatic heterocycles. The minimum atomic E-state index is -0.612. The summed E-state index contributed by atoms with van der Waals surface area (Å²) in [7, 11) is 0. The molecule has 3 rings (SSSR count). The number of benzene rings is 1. The van der Waals surface area contributed by atoms with Gasteiger partial charge in [0.05, 0.1) is 5.69 Å². The second kappa shape index (κ2) is 6.61. The second-order valence-corrected chi connectivity index (χ2v) is 7.48. The number of nitrogens with zero attached hydrogens (tertiary/aromatic N) is 1. The first-order valence-electron chi connectivity index (χ1n) is 7.84. The number of aliphatic hydroxyl groups is 1. The Bertz CT molecular complexity index is 678. The van der Waals surface area contributed by atoms with Gasteiger partial charge >= 0.3 is 0 Å². The largest absolute Gasteiger partial charge is 0.385 e. The number of aromatic amines is 1. The number of hydrogen-bond donors (Lipinski definition) is 2. The zero-order chi connectivity index (χ0) is 16.6. The zero-order valence-electron chi connectivity index (χ0n) is 13.1. The minimum Gasteiger partial charge on any atom is -0.385 e. The third-order valence-electron chi connectivity index (χ3n) is 3.89. The number of halogens is 2. The fourth-order valence-corrected chi connectivity index (χ4v) is 3.62. The van der Waals surface area contributed by atoms with Gasteiger partial charge in [-0.3, -0.25) is 0 Å². The van der Waals surface area contributed by atoms with Crippen molar-refractivity contribution in [2.75, 3.05) is 0 Å². The molecule has 1 heterocycles. The van der Waals surface area contributed by atoms with E-state index in [0.717, 1.165) is 16.8 Å². The Morgan fingerprint density at radius 1 is 1.26 bits per heavy atom. The van der Waals surface area contributed by atoms with Gasteiger partial charge in [0.2, 0.25) is 0 Å². The lowest BCUT2D eigenvalue weighted by atomic mass is 10.1. The number of imidazole rings is 1. The van der Waals surface area contributed by atoms with Crippen molar-refractivity contribution in [1.82, 2.24) is 9.97 Å². The molecule has 1 aromatic heterocycles. The number of aliphatic hydroxyl groups excluding tert-OH is 1. The van der Waals surface area contributed by atoms with Crippen molar-refractivity contribution >= 4 is 11.8 Å². The maximum Gasteiger partial charge on any atom is 0.136 e.